The number of H-pyrrole nitrogens is 2. The number of halogens is 1. The number of nitrogens with zero attached hydrogens (tertiary/aromatic N) is 3. The largest absolute Gasteiger partial charge is 0.362 e. The summed E-state index contributed by atoms with van der Waals surface area (Å²) in [5.41, 5.74) is 4.13. The van der Waals surface area contributed by atoms with Crippen molar-refractivity contribution in [2.75, 3.05) is 0 Å². The number of aromatic nitrogens is 4. The van der Waals surface area contributed by atoms with Gasteiger partial charge in [0.2, 0.25) is 4.77 Å². The van der Waals surface area contributed by atoms with Gasteiger partial charge in [0, 0.05) is 27.0 Å². The summed E-state index contributed by atoms with van der Waals surface area (Å²) in [5, 5.41) is 11.5. The first-order valence-electron chi connectivity index (χ1n) is 6.68. The van der Waals surface area contributed by atoms with Gasteiger partial charge < -0.3 is 4.98 Å². The minimum absolute atomic E-state index is 0.455. The average Bonchev–Trinajstić information content (AvgIpc) is 2.99. The van der Waals surface area contributed by atoms with Crippen LogP contribution in [0.5, 0.6) is 0 Å². The molecule has 7 heteroatoms. The molecule has 0 bridgehead atoms. The van der Waals surface area contributed by atoms with E-state index in [4.69, 9.17) is 12.2 Å². The molecule has 0 unspecified atom stereocenters. The summed E-state index contributed by atoms with van der Waals surface area (Å²) in [5.74, 6) is 0.674. The molecule has 0 spiro atoms. The fourth-order valence-electron chi connectivity index (χ4n) is 2.21. The van der Waals surface area contributed by atoms with Gasteiger partial charge >= 0.3 is 0 Å². The normalized spacial score (nSPS) is 11.4. The lowest BCUT2D eigenvalue weighted by atomic mass is 10.2. The van der Waals surface area contributed by atoms with Crippen LogP contribution < -0.4 is 0 Å². The molecule has 3 aromatic rings. The maximum Gasteiger partial charge on any atom is 0.216 e. The molecule has 0 aliphatic heterocycles. The molecule has 5 nitrogen and oxygen atoms in total. The molecule has 0 saturated carbocycles. The van der Waals surface area contributed by atoms with Crippen LogP contribution >= 0.6 is 28.1 Å². The number of rotatable bonds is 3. The van der Waals surface area contributed by atoms with Crippen molar-refractivity contribution in [1.29, 1.82) is 0 Å². The first-order valence-corrected chi connectivity index (χ1v) is 7.88. The van der Waals surface area contributed by atoms with Gasteiger partial charge in [0.25, 0.3) is 0 Å². The molecule has 0 fully saturated rings. The molecular formula is C15H14BrN5S. The molecule has 0 aliphatic carbocycles. The van der Waals surface area contributed by atoms with Crippen LogP contribution in [0.25, 0.3) is 11.4 Å². The van der Waals surface area contributed by atoms with Crippen molar-refractivity contribution in [3.05, 3.63) is 56.5 Å². The van der Waals surface area contributed by atoms with Gasteiger partial charge in [-0.3, -0.25) is 0 Å². The van der Waals surface area contributed by atoms with Gasteiger partial charge in [0.1, 0.15) is 0 Å². The summed E-state index contributed by atoms with van der Waals surface area (Å²) in [7, 11) is 0. The highest BCUT2D eigenvalue weighted by atomic mass is 79.9. The summed E-state index contributed by atoms with van der Waals surface area (Å²) in [6, 6.07) is 9.90. The maximum absolute atomic E-state index is 5.27. The number of hydrogen-bond donors (Lipinski definition) is 2. The van der Waals surface area contributed by atoms with Gasteiger partial charge in [-0.25, -0.2) is 5.10 Å². The fourth-order valence-corrected chi connectivity index (χ4v) is 2.79. The average molecular weight is 376 g/mol. The number of nitrogens with one attached hydrogen (secondary N) is 2. The summed E-state index contributed by atoms with van der Waals surface area (Å²) in [6.45, 7) is 4.03. The van der Waals surface area contributed by atoms with Crippen LogP contribution in [0.4, 0.5) is 0 Å². The highest BCUT2D eigenvalue weighted by molar-refractivity contribution is 9.10. The molecule has 3 rings (SSSR count). The molecule has 2 heterocycles. The van der Waals surface area contributed by atoms with Crippen molar-refractivity contribution < 1.29 is 0 Å². The second-order valence-corrected chi connectivity index (χ2v) is 6.25. The molecule has 112 valence electrons. The van der Waals surface area contributed by atoms with E-state index in [1.165, 1.54) is 0 Å². The summed E-state index contributed by atoms with van der Waals surface area (Å²) < 4.78 is 3.06. The third-order valence-corrected chi connectivity index (χ3v) is 3.99. The van der Waals surface area contributed by atoms with E-state index < -0.39 is 0 Å². The molecule has 0 aliphatic rings. The van der Waals surface area contributed by atoms with E-state index in [1.807, 2.05) is 44.2 Å². The molecule has 0 radical (unpaired) electrons. The van der Waals surface area contributed by atoms with Gasteiger partial charge in [-0.1, -0.05) is 28.1 Å². The standard InChI is InChI=1S/C15H14BrN5S/c1-9-6-12(10(2)18-9)8-17-21-14(19-20-15(21)22)11-4-3-5-13(16)7-11/h3-8,18H,1-2H3,(H,20,22)/b17-8+. The van der Waals surface area contributed by atoms with Crippen LogP contribution in [0.15, 0.2) is 39.9 Å². The predicted molar refractivity (Wildman–Crippen MR) is 93.8 cm³/mol. The smallest absolute Gasteiger partial charge is 0.216 e. The molecule has 0 amide bonds. The lowest BCUT2D eigenvalue weighted by molar-refractivity contribution is 0.871. The Morgan fingerprint density at radius 2 is 2.14 bits per heavy atom. The number of aryl methyl sites for hydroxylation is 2. The van der Waals surface area contributed by atoms with Crippen molar-refractivity contribution in [3.63, 3.8) is 0 Å². The highest BCUT2D eigenvalue weighted by Gasteiger charge is 2.08. The number of aromatic amines is 2. The molecule has 0 atom stereocenters. The fraction of sp³-hybridized carbons (Fsp3) is 0.133. The van der Waals surface area contributed by atoms with E-state index in [-0.39, 0.29) is 0 Å². The Morgan fingerprint density at radius 3 is 2.82 bits per heavy atom. The highest BCUT2D eigenvalue weighted by Crippen LogP contribution is 2.21. The Bertz CT molecular complexity index is 903. The van der Waals surface area contributed by atoms with Crippen molar-refractivity contribution >= 4 is 34.4 Å². The van der Waals surface area contributed by atoms with Crippen LogP contribution in [0.1, 0.15) is 17.0 Å². The summed E-state index contributed by atoms with van der Waals surface area (Å²) in [4.78, 5) is 3.25. The molecule has 1 aromatic carbocycles. The van der Waals surface area contributed by atoms with Crippen LogP contribution in [0.2, 0.25) is 0 Å². The number of benzene rings is 1. The van der Waals surface area contributed by atoms with Crippen molar-refractivity contribution in [3.8, 4) is 11.4 Å². The Morgan fingerprint density at radius 1 is 1.32 bits per heavy atom. The van der Waals surface area contributed by atoms with Crippen molar-refractivity contribution in [2.24, 2.45) is 5.10 Å². The van der Waals surface area contributed by atoms with Gasteiger partial charge in [0.15, 0.2) is 5.82 Å². The second-order valence-electron chi connectivity index (χ2n) is 4.95. The minimum atomic E-state index is 0.455. The Kier molecular flexibility index (Phi) is 4.08. The zero-order chi connectivity index (χ0) is 15.7. The Hall–Kier alpha value is -1.99. The van der Waals surface area contributed by atoms with E-state index in [9.17, 15) is 0 Å². The van der Waals surface area contributed by atoms with Crippen LogP contribution in [0, 0.1) is 18.6 Å². The molecular weight excluding hydrogens is 362 g/mol. The Labute approximate surface area is 141 Å². The van der Waals surface area contributed by atoms with Crippen molar-refractivity contribution in [2.45, 2.75) is 13.8 Å². The minimum Gasteiger partial charge on any atom is -0.362 e. The molecule has 0 saturated heterocycles. The monoisotopic (exact) mass is 375 g/mol. The van der Waals surface area contributed by atoms with Crippen LogP contribution in [0.3, 0.4) is 0 Å². The maximum atomic E-state index is 5.27. The molecule has 22 heavy (non-hydrogen) atoms. The van der Waals surface area contributed by atoms with Gasteiger partial charge in [-0.05, 0) is 44.3 Å². The SMILES string of the molecule is Cc1cc(/C=N/n2c(-c3cccc(Br)c3)n[nH]c2=S)c(C)[nH]1. The topological polar surface area (TPSA) is 61.8 Å². The van der Waals surface area contributed by atoms with E-state index in [0.29, 0.717) is 10.6 Å². The first-order chi connectivity index (χ1) is 10.5. The quantitative estimate of drug-likeness (QED) is 0.532. The van der Waals surface area contributed by atoms with Gasteiger partial charge in [-0.15, -0.1) is 0 Å². The van der Waals surface area contributed by atoms with Crippen molar-refractivity contribution in [1.82, 2.24) is 19.9 Å². The summed E-state index contributed by atoms with van der Waals surface area (Å²) in [6.07, 6.45) is 1.78. The van der Waals surface area contributed by atoms with E-state index in [2.05, 4.69) is 36.2 Å². The van der Waals surface area contributed by atoms with Crippen LogP contribution in [-0.2, 0) is 0 Å². The van der Waals surface area contributed by atoms with E-state index in [0.717, 1.165) is 27.0 Å². The lowest BCUT2D eigenvalue weighted by Gasteiger charge is -2.01. The zero-order valence-electron chi connectivity index (χ0n) is 12.1. The third kappa shape index (κ3) is 2.95. The third-order valence-electron chi connectivity index (χ3n) is 3.24. The summed E-state index contributed by atoms with van der Waals surface area (Å²) >= 11 is 8.73. The Balaban J connectivity index is 2.03. The lowest BCUT2D eigenvalue weighted by Crippen LogP contribution is -1.95. The second kappa shape index (κ2) is 6.02. The van der Waals surface area contributed by atoms with Gasteiger partial charge in [0.05, 0.1) is 6.21 Å². The van der Waals surface area contributed by atoms with E-state index in [1.54, 1.807) is 10.9 Å². The molecule has 2 N–H and O–H groups in total. The van der Waals surface area contributed by atoms with Gasteiger partial charge in [-0.2, -0.15) is 14.9 Å². The zero-order valence-corrected chi connectivity index (χ0v) is 14.5. The van der Waals surface area contributed by atoms with Crippen LogP contribution in [-0.4, -0.2) is 26.1 Å². The van der Waals surface area contributed by atoms with E-state index >= 15 is 0 Å². The molecule has 2 aromatic heterocycles. The predicted octanol–water partition coefficient (Wildman–Crippen LogP) is 4.20. The number of hydrogen-bond acceptors (Lipinski definition) is 3. The first kappa shape index (κ1) is 14.9.